The minimum Gasteiger partial charge on any atom is -0.495 e. The molecule has 0 fully saturated rings. The summed E-state index contributed by atoms with van der Waals surface area (Å²) in [6.45, 7) is 1.86. The minimum absolute atomic E-state index is 0.0969. The summed E-state index contributed by atoms with van der Waals surface area (Å²) in [6.07, 6.45) is 0. The number of carbonyl (C=O) groups is 1. The predicted octanol–water partition coefficient (Wildman–Crippen LogP) is 4.76. The molecule has 0 aliphatic carbocycles. The Labute approximate surface area is 204 Å². The smallest absolute Gasteiger partial charge is 0.264 e. The highest BCUT2D eigenvalue weighted by Gasteiger charge is 2.29. The van der Waals surface area contributed by atoms with Gasteiger partial charge in [-0.1, -0.05) is 35.9 Å². The summed E-state index contributed by atoms with van der Waals surface area (Å²) < 4.78 is 33.4. The molecule has 0 unspecified atom stereocenters. The molecule has 0 spiro atoms. The van der Waals surface area contributed by atoms with Gasteiger partial charge >= 0.3 is 0 Å². The molecular weight excluding hydrogens is 480 g/mol. The molecule has 0 aliphatic heterocycles. The van der Waals surface area contributed by atoms with Gasteiger partial charge in [-0.25, -0.2) is 8.42 Å². The number of carbonyl (C=O) groups excluding carboxylic acids is 1. The SMILES string of the molecule is COc1ccc(C)cc1N(CC(=O)NCCSc1ccc(Cl)cc1)S(=O)(=O)c1ccccc1. The van der Waals surface area contributed by atoms with Gasteiger partial charge in [0, 0.05) is 22.2 Å². The number of aryl methyl sites for hydroxylation is 1. The van der Waals surface area contributed by atoms with E-state index in [-0.39, 0.29) is 11.4 Å². The number of nitrogens with one attached hydrogen (secondary N) is 1. The van der Waals surface area contributed by atoms with Gasteiger partial charge in [0.25, 0.3) is 10.0 Å². The maximum Gasteiger partial charge on any atom is 0.264 e. The Morgan fingerprint density at radius 1 is 1.06 bits per heavy atom. The molecule has 0 aromatic heterocycles. The fourth-order valence-corrected chi connectivity index (χ4v) is 5.43. The Kier molecular flexibility index (Phi) is 8.66. The van der Waals surface area contributed by atoms with Crippen LogP contribution in [0.5, 0.6) is 5.75 Å². The highest BCUT2D eigenvalue weighted by molar-refractivity contribution is 7.99. The van der Waals surface area contributed by atoms with Crippen LogP contribution in [0.25, 0.3) is 0 Å². The Morgan fingerprint density at radius 3 is 2.42 bits per heavy atom. The molecule has 0 saturated carbocycles. The number of sulfonamides is 1. The van der Waals surface area contributed by atoms with Gasteiger partial charge in [0.1, 0.15) is 12.3 Å². The lowest BCUT2D eigenvalue weighted by Gasteiger charge is -2.26. The molecule has 33 heavy (non-hydrogen) atoms. The van der Waals surface area contributed by atoms with Crippen molar-refractivity contribution in [3.8, 4) is 5.75 Å². The monoisotopic (exact) mass is 504 g/mol. The van der Waals surface area contributed by atoms with Crippen LogP contribution < -0.4 is 14.4 Å². The second-order valence-corrected chi connectivity index (χ2v) is 10.6. The number of ether oxygens (including phenoxy) is 1. The van der Waals surface area contributed by atoms with Gasteiger partial charge in [0.05, 0.1) is 17.7 Å². The van der Waals surface area contributed by atoms with Crippen molar-refractivity contribution in [3.05, 3.63) is 83.4 Å². The molecule has 0 atom stereocenters. The van der Waals surface area contributed by atoms with Crippen molar-refractivity contribution in [2.75, 3.05) is 30.3 Å². The summed E-state index contributed by atoms with van der Waals surface area (Å²) in [5.41, 5.74) is 1.16. The first-order valence-corrected chi connectivity index (χ1v) is 13.0. The van der Waals surface area contributed by atoms with Crippen molar-refractivity contribution in [1.82, 2.24) is 5.32 Å². The molecule has 0 heterocycles. The predicted molar refractivity (Wildman–Crippen MR) is 134 cm³/mol. The van der Waals surface area contributed by atoms with Crippen LogP contribution in [-0.2, 0) is 14.8 Å². The maximum absolute atomic E-state index is 13.5. The van der Waals surface area contributed by atoms with Crippen molar-refractivity contribution in [1.29, 1.82) is 0 Å². The molecule has 1 N–H and O–H groups in total. The van der Waals surface area contributed by atoms with Gasteiger partial charge in [0.15, 0.2) is 0 Å². The van der Waals surface area contributed by atoms with E-state index < -0.39 is 15.9 Å². The molecule has 9 heteroatoms. The van der Waals surface area contributed by atoms with Crippen molar-refractivity contribution >= 4 is 45.0 Å². The Bertz CT molecular complexity index is 1190. The zero-order chi connectivity index (χ0) is 23.8. The lowest BCUT2D eigenvalue weighted by molar-refractivity contribution is -0.119. The average Bonchev–Trinajstić information content (AvgIpc) is 2.82. The van der Waals surface area contributed by atoms with E-state index in [0.717, 1.165) is 14.8 Å². The van der Waals surface area contributed by atoms with Crippen molar-refractivity contribution < 1.29 is 17.9 Å². The summed E-state index contributed by atoms with van der Waals surface area (Å²) in [5.74, 6) is 0.591. The van der Waals surface area contributed by atoms with E-state index in [4.69, 9.17) is 16.3 Å². The van der Waals surface area contributed by atoms with E-state index in [2.05, 4.69) is 5.32 Å². The second kappa shape index (κ2) is 11.4. The Balaban J connectivity index is 1.76. The van der Waals surface area contributed by atoms with Crippen LogP contribution in [0.15, 0.2) is 82.6 Å². The molecule has 0 aliphatic rings. The molecular formula is C24H25ClN2O4S2. The number of anilines is 1. The summed E-state index contributed by atoms with van der Waals surface area (Å²) in [6, 6.07) is 20.7. The Morgan fingerprint density at radius 2 is 1.76 bits per heavy atom. The molecule has 0 bridgehead atoms. The van der Waals surface area contributed by atoms with E-state index in [1.807, 2.05) is 37.3 Å². The Hall–Kier alpha value is -2.68. The summed E-state index contributed by atoms with van der Waals surface area (Å²) in [7, 11) is -2.53. The third-order valence-corrected chi connectivity index (χ3v) is 7.77. The largest absolute Gasteiger partial charge is 0.495 e. The van der Waals surface area contributed by atoms with E-state index in [9.17, 15) is 13.2 Å². The van der Waals surface area contributed by atoms with Gasteiger partial charge in [0.2, 0.25) is 5.91 Å². The summed E-state index contributed by atoms with van der Waals surface area (Å²) in [5, 5.41) is 3.47. The van der Waals surface area contributed by atoms with Crippen molar-refractivity contribution in [3.63, 3.8) is 0 Å². The summed E-state index contributed by atoms with van der Waals surface area (Å²) in [4.78, 5) is 13.9. The van der Waals surface area contributed by atoms with Gasteiger partial charge in [-0.3, -0.25) is 9.10 Å². The standard InChI is InChI=1S/C24H25ClN2O4S2/c1-18-8-13-23(31-2)22(16-18)27(33(29,30)21-6-4-3-5-7-21)17-24(28)26-14-15-32-20-11-9-19(25)10-12-20/h3-13,16H,14-15,17H2,1-2H3,(H,26,28). The number of benzene rings is 3. The quantitative estimate of drug-likeness (QED) is 0.318. The number of rotatable bonds is 10. The zero-order valence-electron chi connectivity index (χ0n) is 18.3. The van der Waals surface area contributed by atoms with Crippen LogP contribution in [0, 0.1) is 6.92 Å². The highest BCUT2D eigenvalue weighted by Crippen LogP contribution is 2.33. The fraction of sp³-hybridized carbons (Fsp3) is 0.208. The van der Waals surface area contributed by atoms with Crippen molar-refractivity contribution in [2.45, 2.75) is 16.7 Å². The molecule has 0 radical (unpaired) electrons. The molecule has 6 nitrogen and oxygen atoms in total. The fourth-order valence-electron chi connectivity index (χ4n) is 3.09. The topological polar surface area (TPSA) is 75.7 Å². The molecule has 174 valence electrons. The van der Waals surface area contributed by atoms with Crippen molar-refractivity contribution in [2.24, 2.45) is 0 Å². The van der Waals surface area contributed by atoms with Gasteiger partial charge in [-0.15, -0.1) is 11.8 Å². The van der Waals surface area contributed by atoms with Crippen LogP contribution in [0.2, 0.25) is 5.02 Å². The molecule has 3 aromatic rings. The highest BCUT2D eigenvalue weighted by atomic mass is 35.5. The lowest BCUT2D eigenvalue weighted by Crippen LogP contribution is -2.41. The normalized spacial score (nSPS) is 11.1. The zero-order valence-corrected chi connectivity index (χ0v) is 20.7. The van der Waals surface area contributed by atoms with E-state index in [0.29, 0.717) is 28.8 Å². The number of halogens is 1. The lowest BCUT2D eigenvalue weighted by atomic mass is 10.2. The number of methoxy groups -OCH3 is 1. The number of thioether (sulfide) groups is 1. The number of hydrogen-bond acceptors (Lipinski definition) is 5. The summed E-state index contributed by atoms with van der Waals surface area (Å²) >= 11 is 7.47. The first-order valence-electron chi connectivity index (χ1n) is 10.2. The van der Waals surface area contributed by atoms with Gasteiger partial charge in [-0.2, -0.15) is 0 Å². The molecule has 0 saturated heterocycles. The van der Waals surface area contributed by atoms with E-state index in [1.165, 1.54) is 19.2 Å². The molecule has 3 rings (SSSR count). The van der Waals surface area contributed by atoms with Crippen LogP contribution in [-0.4, -0.2) is 40.3 Å². The van der Waals surface area contributed by atoms with Gasteiger partial charge in [-0.05, 0) is 61.0 Å². The van der Waals surface area contributed by atoms with Crippen LogP contribution in [0.1, 0.15) is 5.56 Å². The first kappa shape index (κ1) is 25.0. The van der Waals surface area contributed by atoms with Crippen LogP contribution in [0.3, 0.4) is 0 Å². The van der Waals surface area contributed by atoms with E-state index >= 15 is 0 Å². The second-order valence-electron chi connectivity index (χ2n) is 7.15. The third kappa shape index (κ3) is 6.66. The van der Waals surface area contributed by atoms with Gasteiger partial charge < -0.3 is 10.1 Å². The maximum atomic E-state index is 13.5. The first-order chi connectivity index (χ1) is 15.8. The van der Waals surface area contributed by atoms with Crippen LogP contribution >= 0.6 is 23.4 Å². The average molecular weight is 505 g/mol. The van der Waals surface area contributed by atoms with E-state index in [1.54, 1.807) is 42.1 Å². The number of hydrogen-bond donors (Lipinski definition) is 1. The molecule has 1 amide bonds. The number of amides is 1. The van der Waals surface area contributed by atoms with Crippen LogP contribution in [0.4, 0.5) is 5.69 Å². The third-order valence-electron chi connectivity index (χ3n) is 4.73. The minimum atomic E-state index is -4.00. The number of nitrogens with zero attached hydrogens (tertiary/aromatic N) is 1. The molecule has 3 aromatic carbocycles.